The summed E-state index contributed by atoms with van der Waals surface area (Å²) in [5, 5.41) is 3.46. The molecule has 1 aromatic rings. The monoisotopic (exact) mass is 279 g/mol. The van der Waals surface area contributed by atoms with Gasteiger partial charge in [-0.15, -0.1) is 0 Å². The summed E-state index contributed by atoms with van der Waals surface area (Å²) in [6, 6.07) is 8.77. The Morgan fingerprint density at radius 3 is 2.65 bits per heavy atom. The number of nitrogens with one attached hydrogen (secondary N) is 1. The number of methoxy groups -OCH3 is 1. The van der Waals surface area contributed by atoms with Crippen LogP contribution in [0.1, 0.15) is 37.3 Å². The fraction of sp³-hybridized carbons (Fsp3) is 0.647. The average Bonchev–Trinajstić information content (AvgIpc) is 2.41. The van der Waals surface area contributed by atoms with E-state index in [0.717, 1.165) is 32.7 Å². The number of aryl methyl sites for hydroxylation is 1. The zero-order valence-corrected chi connectivity index (χ0v) is 13.3. The largest absolute Gasteiger partial charge is 0.383 e. The van der Waals surface area contributed by atoms with Gasteiger partial charge in [0, 0.05) is 26.8 Å². The minimum absolute atomic E-state index is 0.301. The van der Waals surface area contributed by atoms with E-state index in [-0.39, 0.29) is 0 Å². The molecule has 0 heterocycles. The molecule has 0 bridgehead atoms. The summed E-state index contributed by atoms with van der Waals surface area (Å²) in [4.78, 5) is 0. The summed E-state index contributed by atoms with van der Waals surface area (Å²) in [6.07, 6.45) is 1.34. The molecule has 3 heteroatoms. The highest BCUT2D eigenvalue weighted by molar-refractivity contribution is 5.25. The van der Waals surface area contributed by atoms with Crippen molar-refractivity contribution < 1.29 is 9.47 Å². The van der Waals surface area contributed by atoms with Gasteiger partial charge in [-0.05, 0) is 38.7 Å². The maximum absolute atomic E-state index is 5.70. The van der Waals surface area contributed by atoms with Gasteiger partial charge >= 0.3 is 0 Å². The molecular weight excluding hydrogens is 250 g/mol. The Labute approximate surface area is 123 Å². The van der Waals surface area contributed by atoms with Crippen LogP contribution in [-0.2, 0) is 9.47 Å². The first-order chi connectivity index (χ1) is 9.63. The summed E-state index contributed by atoms with van der Waals surface area (Å²) in [5.74, 6) is 0.491. The van der Waals surface area contributed by atoms with Gasteiger partial charge in [-0.3, -0.25) is 0 Å². The highest BCUT2D eigenvalue weighted by Gasteiger charge is 2.12. The second kappa shape index (κ2) is 9.92. The molecule has 0 radical (unpaired) electrons. The highest BCUT2D eigenvalue weighted by atomic mass is 16.5. The molecule has 0 amide bonds. The van der Waals surface area contributed by atoms with E-state index in [9.17, 15) is 0 Å². The minimum Gasteiger partial charge on any atom is -0.383 e. The predicted molar refractivity (Wildman–Crippen MR) is 84.4 cm³/mol. The van der Waals surface area contributed by atoms with E-state index in [1.54, 1.807) is 7.11 Å². The van der Waals surface area contributed by atoms with E-state index in [2.05, 4.69) is 50.4 Å². The number of rotatable bonds is 10. The van der Waals surface area contributed by atoms with Crippen LogP contribution in [0.4, 0.5) is 0 Å². The van der Waals surface area contributed by atoms with E-state index in [1.807, 2.05) is 0 Å². The molecule has 1 unspecified atom stereocenters. The van der Waals surface area contributed by atoms with Crippen molar-refractivity contribution in [2.75, 3.05) is 33.4 Å². The summed E-state index contributed by atoms with van der Waals surface area (Å²) >= 11 is 0. The van der Waals surface area contributed by atoms with Gasteiger partial charge in [-0.25, -0.2) is 0 Å². The van der Waals surface area contributed by atoms with E-state index in [0.29, 0.717) is 12.0 Å². The van der Waals surface area contributed by atoms with Gasteiger partial charge in [-0.2, -0.15) is 0 Å². The Kier molecular flexibility index (Phi) is 8.51. The summed E-state index contributed by atoms with van der Waals surface area (Å²) in [5.41, 5.74) is 2.71. The van der Waals surface area contributed by atoms with Crippen molar-refractivity contribution in [2.24, 2.45) is 0 Å². The zero-order valence-electron chi connectivity index (χ0n) is 13.3. The normalized spacial score (nSPS) is 12.8. The summed E-state index contributed by atoms with van der Waals surface area (Å²) < 4.78 is 10.8. The molecule has 0 saturated heterocycles. The SMILES string of the molecule is COCCNCC(CCOC(C)C)c1cccc(C)c1. The van der Waals surface area contributed by atoms with E-state index in [4.69, 9.17) is 9.47 Å². The Hall–Kier alpha value is -0.900. The third-order valence-electron chi connectivity index (χ3n) is 3.30. The van der Waals surface area contributed by atoms with Crippen LogP contribution in [0.3, 0.4) is 0 Å². The standard InChI is InChI=1S/C17H29NO2/c1-14(2)20-10-8-17(13-18-9-11-19-4)16-7-5-6-15(3)12-16/h5-7,12,14,17-18H,8-11,13H2,1-4H3. The number of hydrogen-bond acceptors (Lipinski definition) is 3. The first-order valence-corrected chi connectivity index (χ1v) is 7.51. The first kappa shape index (κ1) is 17.2. The molecule has 0 aliphatic heterocycles. The lowest BCUT2D eigenvalue weighted by Crippen LogP contribution is -2.26. The van der Waals surface area contributed by atoms with Crippen molar-refractivity contribution in [3.63, 3.8) is 0 Å². The molecular formula is C17H29NO2. The van der Waals surface area contributed by atoms with Gasteiger partial charge in [0.05, 0.1) is 12.7 Å². The lowest BCUT2D eigenvalue weighted by molar-refractivity contribution is 0.0731. The molecule has 1 atom stereocenters. The molecule has 20 heavy (non-hydrogen) atoms. The van der Waals surface area contributed by atoms with Crippen molar-refractivity contribution >= 4 is 0 Å². The van der Waals surface area contributed by atoms with Gasteiger partial charge in [-0.1, -0.05) is 29.8 Å². The van der Waals surface area contributed by atoms with Gasteiger partial charge in [0.15, 0.2) is 0 Å². The maximum atomic E-state index is 5.70. The molecule has 0 aliphatic carbocycles. The quantitative estimate of drug-likeness (QED) is 0.668. The second-order valence-corrected chi connectivity index (χ2v) is 5.52. The Balaban J connectivity index is 2.53. The Morgan fingerprint density at radius 1 is 1.20 bits per heavy atom. The third kappa shape index (κ3) is 7.04. The Morgan fingerprint density at radius 2 is 2.00 bits per heavy atom. The van der Waals surface area contributed by atoms with Crippen LogP contribution >= 0.6 is 0 Å². The van der Waals surface area contributed by atoms with Gasteiger partial charge < -0.3 is 14.8 Å². The summed E-state index contributed by atoms with van der Waals surface area (Å²) in [7, 11) is 1.73. The summed E-state index contributed by atoms with van der Waals surface area (Å²) in [6.45, 7) is 9.73. The van der Waals surface area contributed by atoms with Crippen molar-refractivity contribution in [2.45, 2.75) is 39.2 Å². The molecule has 1 aromatic carbocycles. The molecule has 1 rings (SSSR count). The van der Waals surface area contributed by atoms with Crippen molar-refractivity contribution in [1.82, 2.24) is 5.32 Å². The van der Waals surface area contributed by atoms with Crippen LogP contribution < -0.4 is 5.32 Å². The van der Waals surface area contributed by atoms with Crippen molar-refractivity contribution in [1.29, 1.82) is 0 Å². The van der Waals surface area contributed by atoms with Gasteiger partial charge in [0.2, 0.25) is 0 Å². The molecule has 0 spiro atoms. The lowest BCUT2D eigenvalue weighted by atomic mass is 9.94. The smallest absolute Gasteiger partial charge is 0.0587 e. The topological polar surface area (TPSA) is 30.5 Å². The van der Waals surface area contributed by atoms with Gasteiger partial charge in [0.25, 0.3) is 0 Å². The first-order valence-electron chi connectivity index (χ1n) is 7.51. The van der Waals surface area contributed by atoms with Gasteiger partial charge in [0.1, 0.15) is 0 Å². The predicted octanol–water partition coefficient (Wildman–Crippen LogP) is 3.13. The number of benzene rings is 1. The van der Waals surface area contributed by atoms with Crippen LogP contribution in [-0.4, -0.2) is 39.5 Å². The van der Waals surface area contributed by atoms with Crippen molar-refractivity contribution in [3.05, 3.63) is 35.4 Å². The van der Waals surface area contributed by atoms with Crippen LogP contribution in [0.2, 0.25) is 0 Å². The maximum Gasteiger partial charge on any atom is 0.0587 e. The van der Waals surface area contributed by atoms with Crippen molar-refractivity contribution in [3.8, 4) is 0 Å². The van der Waals surface area contributed by atoms with Crippen LogP contribution in [0.25, 0.3) is 0 Å². The van der Waals surface area contributed by atoms with E-state index < -0.39 is 0 Å². The fourth-order valence-electron chi connectivity index (χ4n) is 2.21. The zero-order chi connectivity index (χ0) is 14.8. The molecule has 0 saturated carbocycles. The Bertz CT molecular complexity index is 366. The third-order valence-corrected chi connectivity index (χ3v) is 3.30. The molecule has 0 fully saturated rings. The highest BCUT2D eigenvalue weighted by Crippen LogP contribution is 2.20. The fourth-order valence-corrected chi connectivity index (χ4v) is 2.21. The average molecular weight is 279 g/mol. The lowest BCUT2D eigenvalue weighted by Gasteiger charge is -2.19. The molecule has 0 aliphatic rings. The molecule has 0 aromatic heterocycles. The minimum atomic E-state index is 0.301. The number of ether oxygens (including phenoxy) is 2. The van der Waals surface area contributed by atoms with Crippen LogP contribution in [0.15, 0.2) is 24.3 Å². The molecule has 114 valence electrons. The molecule has 1 N–H and O–H groups in total. The van der Waals surface area contributed by atoms with E-state index >= 15 is 0 Å². The van der Waals surface area contributed by atoms with Crippen LogP contribution in [0, 0.1) is 6.92 Å². The molecule has 3 nitrogen and oxygen atoms in total. The van der Waals surface area contributed by atoms with E-state index in [1.165, 1.54) is 11.1 Å². The number of hydrogen-bond donors (Lipinski definition) is 1. The van der Waals surface area contributed by atoms with Crippen LogP contribution in [0.5, 0.6) is 0 Å². The second-order valence-electron chi connectivity index (χ2n) is 5.52.